The lowest BCUT2D eigenvalue weighted by Crippen LogP contribution is -2.04. The molecule has 1 aliphatic rings. The minimum absolute atomic E-state index is 0.400. The molecule has 1 aliphatic carbocycles. The summed E-state index contributed by atoms with van der Waals surface area (Å²) in [4.78, 5) is 11.4. The van der Waals surface area contributed by atoms with Gasteiger partial charge in [-0.25, -0.2) is 0 Å². The van der Waals surface area contributed by atoms with Crippen LogP contribution in [0, 0.1) is 5.92 Å². The van der Waals surface area contributed by atoms with Gasteiger partial charge in [-0.15, -0.1) is 0 Å². The molecule has 0 aromatic carbocycles. The molecule has 0 bridgehead atoms. The summed E-state index contributed by atoms with van der Waals surface area (Å²) >= 11 is 1.60. The zero-order chi connectivity index (χ0) is 8.97. The SMILES string of the molecule is CC(C)CC(=O)SC1CCCC1. The predicted molar refractivity (Wildman–Crippen MR) is 54.3 cm³/mol. The third-order valence-electron chi connectivity index (χ3n) is 2.18. The van der Waals surface area contributed by atoms with Gasteiger partial charge in [-0.3, -0.25) is 4.79 Å². The van der Waals surface area contributed by atoms with Crippen molar-refractivity contribution in [2.45, 2.75) is 51.2 Å². The largest absolute Gasteiger partial charge is 0.287 e. The molecule has 2 heteroatoms. The Kier molecular flexibility index (Phi) is 4.13. The molecule has 0 aromatic rings. The maximum atomic E-state index is 11.4. The van der Waals surface area contributed by atoms with E-state index >= 15 is 0 Å². The van der Waals surface area contributed by atoms with Gasteiger partial charge in [0, 0.05) is 11.7 Å². The van der Waals surface area contributed by atoms with Gasteiger partial charge in [0.2, 0.25) is 0 Å². The molecule has 0 aromatic heterocycles. The van der Waals surface area contributed by atoms with Crippen molar-refractivity contribution in [3.8, 4) is 0 Å². The van der Waals surface area contributed by atoms with E-state index in [1.807, 2.05) is 0 Å². The lowest BCUT2D eigenvalue weighted by Gasteiger charge is -2.08. The number of carbonyl (C=O) groups excluding carboxylic acids is 1. The van der Waals surface area contributed by atoms with Gasteiger partial charge in [-0.1, -0.05) is 38.5 Å². The van der Waals surface area contributed by atoms with Crippen molar-refractivity contribution in [2.75, 3.05) is 0 Å². The summed E-state index contributed by atoms with van der Waals surface area (Å²) in [6, 6.07) is 0. The zero-order valence-electron chi connectivity index (χ0n) is 8.01. The van der Waals surface area contributed by atoms with Crippen LogP contribution in [0.1, 0.15) is 46.0 Å². The Morgan fingerprint density at radius 3 is 2.50 bits per heavy atom. The van der Waals surface area contributed by atoms with Crippen LogP contribution < -0.4 is 0 Å². The highest BCUT2D eigenvalue weighted by Gasteiger charge is 2.19. The highest BCUT2D eigenvalue weighted by molar-refractivity contribution is 8.14. The van der Waals surface area contributed by atoms with Gasteiger partial charge in [0.25, 0.3) is 0 Å². The Balaban J connectivity index is 2.16. The van der Waals surface area contributed by atoms with Crippen LogP contribution in [0.25, 0.3) is 0 Å². The van der Waals surface area contributed by atoms with Crippen LogP contribution in [0.2, 0.25) is 0 Å². The van der Waals surface area contributed by atoms with Crippen molar-refractivity contribution in [1.29, 1.82) is 0 Å². The van der Waals surface area contributed by atoms with Crippen LogP contribution in [0.4, 0.5) is 0 Å². The molecule has 0 heterocycles. The predicted octanol–water partition coefficient (Wildman–Crippen LogP) is 3.23. The van der Waals surface area contributed by atoms with Crippen LogP contribution in [-0.2, 0) is 4.79 Å². The van der Waals surface area contributed by atoms with Gasteiger partial charge in [-0.2, -0.15) is 0 Å². The highest BCUT2D eigenvalue weighted by Crippen LogP contribution is 2.30. The number of thioether (sulfide) groups is 1. The number of hydrogen-bond acceptors (Lipinski definition) is 2. The molecule has 0 spiro atoms. The van der Waals surface area contributed by atoms with Gasteiger partial charge in [-0.05, 0) is 18.8 Å². The van der Waals surface area contributed by atoms with Gasteiger partial charge in [0.15, 0.2) is 5.12 Å². The van der Waals surface area contributed by atoms with Crippen LogP contribution in [0.15, 0.2) is 0 Å². The van der Waals surface area contributed by atoms with Crippen LogP contribution in [0.3, 0.4) is 0 Å². The molecule has 0 amide bonds. The first-order chi connectivity index (χ1) is 5.68. The fourth-order valence-corrected chi connectivity index (χ4v) is 2.94. The summed E-state index contributed by atoms with van der Waals surface area (Å²) in [5.41, 5.74) is 0. The molecule has 0 radical (unpaired) electrons. The third kappa shape index (κ3) is 3.61. The lowest BCUT2D eigenvalue weighted by atomic mass is 10.2. The first-order valence-corrected chi connectivity index (χ1v) is 5.76. The molecule has 0 N–H and O–H groups in total. The Labute approximate surface area is 79.3 Å². The van der Waals surface area contributed by atoms with E-state index in [2.05, 4.69) is 13.8 Å². The topological polar surface area (TPSA) is 17.1 Å². The smallest absolute Gasteiger partial charge is 0.189 e. The molecule has 0 aliphatic heterocycles. The van der Waals surface area contributed by atoms with Gasteiger partial charge >= 0.3 is 0 Å². The first-order valence-electron chi connectivity index (χ1n) is 4.88. The maximum absolute atomic E-state index is 11.4. The molecule has 0 atom stereocenters. The van der Waals surface area contributed by atoms with Gasteiger partial charge in [0.1, 0.15) is 0 Å². The molecular formula is C10H18OS. The number of carbonyl (C=O) groups is 1. The lowest BCUT2D eigenvalue weighted by molar-refractivity contribution is -0.111. The molecule has 1 saturated carbocycles. The van der Waals surface area contributed by atoms with E-state index in [9.17, 15) is 4.79 Å². The summed E-state index contributed by atoms with van der Waals surface area (Å²) in [7, 11) is 0. The highest BCUT2D eigenvalue weighted by atomic mass is 32.2. The third-order valence-corrected chi connectivity index (χ3v) is 3.41. The van der Waals surface area contributed by atoms with Crippen molar-refractivity contribution in [3.05, 3.63) is 0 Å². The van der Waals surface area contributed by atoms with Crippen molar-refractivity contribution in [1.82, 2.24) is 0 Å². The van der Waals surface area contributed by atoms with Gasteiger partial charge in [0.05, 0.1) is 0 Å². The number of hydrogen-bond donors (Lipinski definition) is 0. The molecule has 12 heavy (non-hydrogen) atoms. The second-order valence-corrected chi connectivity index (χ2v) is 5.35. The monoisotopic (exact) mass is 186 g/mol. The Bertz CT molecular complexity index is 148. The van der Waals surface area contributed by atoms with Gasteiger partial charge < -0.3 is 0 Å². The Hall–Kier alpha value is 0.0200. The second kappa shape index (κ2) is 4.90. The summed E-state index contributed by atoms with van der Waals surface area (Å²) < 4.78 is 0. The van der Waals surface area contributed by atoms with Crippen molar-refractivity contribution < 1.29 is 4.79 Å². The van der Waals surface area contributed by atoms with E-state index in [0.717, 1.165) is 6.42 Å². The number of rotatable bonds is 3. The molecule has 1 nitrogen and oxygen atoms in total. The van der Waals surface area contributed by atoms with Crippen molar-refractivity contribution >= 4 is 16.9 Å². The van der Waals surface area contributed by atoms with E-state index in [4.69, 9.17) is 0 Å². The summed E-state index contributed by atoms with van der Waals surface area (Å²) in [6.07, 6.45) is 5.92. The Morgan fingerprint density at radius 2 is 2.00 bits per heavy atom. The van der Waals surface area contributed by atoms with Crippen molar-refractivity contribution in [2.24, 2.45) is 5.92 Å². The van der Waals surface area contributed by atoms with E-state index < -0.39 is 0 Å². The van der Waals surface area contributed by atoms with Crippen LogP contribution in [-0.4, -0.2) is 10.4 Å². The second-order valence-electron chi connectivity index (χ2n) is 3.99. The van der Waals surface area contributed by atoms with E-state index in [1.54, 1.807) is 11.8 Å². The normalized spacial score (nSPS) is 18.9. The summed E-state index contributed by atoms with van der Waals surface area (Å²) in [5, 5.41) is 1.05. The fraction of sp³-hybridized carbons (Fsp3) is 0.900. The minimum atomic E-state index is 0.400. The first kappa shape index (κ1) is 10.1. The maximum Gasteiger partial charge on any atom is 0.189 e. The average Bonchev–Trinajstić information content (AvgIpc) is 2.37. The van der Waals surface area contributed by atoms with Crippen LogP contribution >= 0.6 is 11.8 Å². The van der Waals surface area contributed by atoms with Crippen molar-refractivity contribution in [3.63, 3.8) is 0 Å². The van der Waals surface area contributed by atoms with Crippen LogP contribution in [0.5, 0.6) is 0 Å². The van der Waals surface area contributed by atoms with E-state index in [1.165, 1.54) is 25.7 Å². The Morgan fingerprint density at radius 1 is 1.42 bits per heavy atom. The summed E-state index contributed by atoms with van der Waals surface area (Å²) in [5.74, 6) is 0.520. The van der Waals surface area contributed by atoms with E-state index in [-0.39, 0.29) is 0 Å². The zero-order valence-corrected chi connectivity index (χ0v) is 8.82. The quantitative estimate of drug-likeness (QED) is 0.673. The average molecular weight is 186 g/mol. The minimum Gasteiger partial charge on any atom is -0.287 e. The standard InChI is InChI=1S/C10H18OS/c1-8(2)7-10(11)12-9-5-3-4-6-9/h8-9H,3-7H2,1-2H3. The molecule has 1 rings (SSSR count). The molecule has 0 saturated heterocycles. The summed E-state index contributed by atoms with van der Waals surface area (Å²) in [6.45, 7) is 4.21. The molecule has 70 valence electrons. The van der Waals surface area contributed by atoms with E-state index in [0.29, 0.717) is 16.3 Å². The molecular weight excluding hydrogens is 168 g/mol. The molecule has 1 fully saturated rings. The fourth-order valence-electron chi connectivity index (χ4n) is 1.57. The molecule has 0 unspecified atom stereocenters.